The van der Waals surface area contributed by atoms with Crippen molar-refractivity contribution in [3.63, 3.8) is 0 Å². The molecule has 0 saturated carbocycles. The van der Waals surface area contributed by atoms with Crippen molar-refractivity contribution in [3.05, 3.63) is 23.8 Å². The number of amides is 1. The lowest BCUT2D eigenvalue weighted by Crippen LogP contribution is -2.58. The molecule has 1 aromatic carbocycles. The molecule has 2 N–H and O–H groups in total. The van der Waals surface area contributed by atoms with Gasteiger partial charge in [0.1, 0.15) is 17.5 Å². The number of alkyl halides is 3. The molecule has 3 atom stereocenters. The molecule has 6 nitrogen and oxygen atoms in total. The second-order valence-electron chi connectivity index (χ2n) is 6.77. The van der Waals surface area contributed by atoms with Gasteiger partial charge in [0.25, 0.3) is 0 Å². The summed E-state index contributed by atoms with van der Waals surface area (Å²) < 4.78 is 55.9. The van der Waals surface area contributed by atoms with Gasteiger partial charge in [0, 0.05) is 23.5 Å². The molecular weight excluding hydrogens is 373 g/mol. The third-order valence-corrected chi connectivity index (χ3v) is 5.67. The van der Waals surface area contributed by atoms with Gasteiger partial charge in [-0.15, -0.1) is 0 Å². The fourth-order valence-corrected chi connectivity index (χ4v) is 3.94. The van der Waals surface area contributed by atoms with Crippen molar-refractivity contribution in [1.82, 2.24) is 10.2 Å². The molecular formula is C16H19F3N2O4S. The Morgan fingerprint density at radius 2 is 2.08 bits per heavy atom. The third-order valence-electron chi connectivity index (χ3n) is 4.57. The maximum Gasteiger partial charge on any atom is 0.475 e. The summed E-state index contributed by atoms with van der Waals surface area (Å²) in [6.45, 7) is 4.15. The van der Waals surface area contributed by atoms with E-state index in [4.69, 9.17) is 4.74 Å². The van der Waals surface area contributed by atoms with E-state index < -0.39 is 39.0 Å². The number of aliphatic hydroxyl groups is 1. The van der Waals surface area contributed by atoms with Gasteiger partial charge in [0.15, 0.2) is 10.8 Å². The summed E-state index contributed by atoms with van der Waals surface area (Å²) in [5, 5.41) is 13.7. The third kappa shape index (κ3) is 3.33. The Balaban J connectivity index is 2.09. The number of hydrogen-bond acceptors (Lipinski definition) is 5. The predicted molar refractivity (Wildman–Crippen MR) is 86.9 cm³/mol. The minimum Gasteiger partial charge on any atom is -0.485 e. The molecule has 10 heteroatoms. The van der Waals surface area contributed by atoms with Gasteiger partial charge in [-0.1, -0.05) is 0 Å². The molecule has 0 bridgehead atoms. The molecule has 0 spiro atoms. The highest BCUT2D eigenvalue weighted by molar-refractivity contribution is 7.86. The van der Waals surface area contributed by atoms with Crippen molar-refractivity contribution in [3.8, 4) is 5.75 Å². The first kappa shape index (κ1) is 19.1. The van der Waals surface area contributed by atoms with Crippen molar-refractivity contribution in [2.75, 3.05) is 19.6 Å². The first-order valence-corrected chi connectivity index (χ1v) is 9.17. The SMILES string of the molecule is CC1(C)Oc2ccc(S(=O)C(F)(F)F)cc2C(N2CCNCC2=O)C1O. The minimum absolute atomic E-state index is 0.0774. The average Bonchev–Trinajstić information content (AvgIpc) is 2.55. The van der Waals surface area contributed by atoms with Crippen molar-refractivity contribution in [2.45, 2.75) is 42.0 Å². The van der Waals surface area contributed by atoms with Gasteiger partial charge in [-0.3, -0.25) is 4.79 Å². The molecule has 1 saturated heterocycles. The van der Waals surface area contributed by atoms with Gasteiger partial charge in [-0.2, -0.15) is 13.2 Å². The summed E-state index contributed by atoms with van der Waals surface area (Å²) in [6.07, 6.45) is -1.16. The van der Waals surface area contributed by atoms with Crippen LogP contribution in [0.1, 0.15) is 25.5 Å². The van der Waals surface area contributed by atoms with E-state index in [0.717, 1.165) is 12.1 Å². The van der Waals surface area contributed by atoms with Crippen LogP contribution < -0.4 is 10.1 Å². The van der Waals surface area contributed by atoms with Crippen LogP contribution >= 0.6 is 0 Å². The lowest BCUT2D eigenvalue weighted by Gasteiger charge is -2.47. The monoisotopic (exact) mass is 392 g/mol. The zero-order valence-corrected chi connectivity index (χ0v) is 15.0. The van der Waals surface area contributed by atoms with E-state index in [9.17, 15) is 27.3 Å². The molecule has 144 valence electrons. The van der Waals surface area contributed by atoms with Crippen LogP contribution in [0.15, 0.2) is 23.1 Å². The van der Waals surface area contributed by atoms with Crippen LogP contribution in [0.5, 0.6) is 5.75 Å². The summed E-state index contributed by atoms with van der Waals surface area (Å²) in [4.78, 5) is 13.3. The Kier molecular flexibility index (Phi) is 4.78. The maximum absolute atomic E-state index is 12.8. The summed E-state index contributed by atoms with van der Waals surface area (Å²) in [5.74, 6) is -0.00847. The van der Waals surface area contributed by atoms with Crippen LogP contribution in [0.3, 0.4) is 0 Å². The van der Waals surface area contributed by atoms with Gasteiger partial charge < -0.3 is 20.1 Å². The van der Waals surface area contributed by atoms with E-state index in [-0.39, 0.29) is 23.8 Å². The lowest BCUT2D eigenvalue weighted by atomic mass is 9.85. The first-order valence-electron chi connectivity index (χ1n) is 8.02. The minimum atomic E-state index is -4.90. The van der Waals surface area contributed by atoms with E-state index >= 15 is 0 Å². The normalized spacial score (nSPS) is 26.8. The smallest absolute Gasteiger partial charge is 0.475 e. The van der Waals surface area contributed by atoms with Gasteiger partial charge in [0.05, 0.1) is 12.6 Å². The number of nitrogens with one attached hydrogen (secondary N) is 1. The Hall–Kier alpha value is -1.65. The zero-order valence-electron chi connectivity index (χ0n) is 14.2. The van der Waals surface area contributed by atoms with Crippen LogP contribution in [-0.2, 0) is 15.6 Å². The number of fused-ring (bicyclic) bond motifs is 1. The van der Waals surface area contributed by atoms with Crippen molar-refractivity contribution in [2.24, 2.45) is 0 Å². The molecule has 0 aromatic heterocycles. The van der Waals surface area contributed by atoms with Gasteiger partial charge in [0.2, 0.25) is 5.91 Å². The fourth-order valence-electron chi connectivity index (χ4n) is 3.25. The Labute approximate surface area is 150 Å². The van der Waals surface area contributed by atoms with Gasteiger partial charge >= 0.3 is 5.51 Å². The van der Waals surface area contributed by atoms with Crippen LogP contribution in [0, 0.1) is 0 Å². The Bertz CT molecular complexity index is 754. The highest BCUT2D eigenvalue weighted by atomic mass is 32.2. The van der Waals surface area contributed by atoms with Crippen LogP contribution in [0.4, 0.5) is 13.2 Å². The van der Waals surface area contributed by atoms with Gasteiger partial charge in [-0.25, -0.2) is 4.21 Å². The summed E-state index contributed by atoms with van der Waals surface area (Å²) in [7, 11) is -3.21. The lowest BCUT2D eigenvalue weighted by molar-refractivity contribution is -0.145. The molecule has 0 radical (unpaired) electrons. The standard InChI is InChI=1S/C16H19F3N2O4S/c1-15(2)14(23)13(21-6-5-20-8-12(21)22)10-7-9(3-4-11(10)25-15)26(24)16(17,18)19/h3-4,7,13-14,20,23H,5-6,8H2,1-2H3. The van der Waals surface area contributed by atoms with Crippen LogP contribution in [0.2, 0.25) is 0 Å². The number of hydrogen-bond donors (Lipinski definition) is 2. The summed E-state index contributed by atoms with van der Waals surface area (Å²) >= 11 is 0. The molecule has 2 aliphatic rings. The highest BCUT2D eigenvalue weighted by Gasteiger charge is 2.48. The molecule has 0 aliphatic carbocycles. The average molecular weight is 392 g/mol. The number of nitrogens with zero attached hydrogens (tertiary/aromatic N) is 1. The van der Waals surface area contributed by atoms with E-state index in [1.807, 2.05) is 0 Å². The number of rotatable bonds is 2. The molecule has 3 unspecified atom stereocenters. The van der Waals surface area contributed by atoms with Crippen LogP contribution in [0.25, 0.3) is 0 Å². The molecule has 2 aliphatic heterocycles. The number of aliphatic hydroxyl groups excluding tert-OH is 1. The number of carbonyl (C=O) groups is 1. The molecule has 2 heterocycles. The van der Waals surface area contributed by atoms with Crippen molar-refractivity contribution < 1.29 is 32.0 Å². The molecule has 1 amide bonds. The molecule has 1 aromatic rings. The molecule has 1 fully saturated rings. The topological polar surface area (TPSA) is 78.9 Å². The number of benzene rings is 1. The largest absolute Gasteiger partial charge is 0.485 e. The zero-order chi connectivity index (χ0) is 19.3. The van der Waals surface area contributed by atoms with Crippen molar-refractivity contribution in [1.29, 1.82) is 0 Å². The number of halogens is 3. The van der Waals surface area contributed by atoms with Gasteiger partial charge in [-0.05, 0) is 32.0 Å². The summed E-state index contributed by atoms with van der Waals surface area (Å²) in [5.41, 5.74) is -5.72. The molecule has 26 heavy (non-hydrogen) atoms. The number of ether oxygens (including phenoxy) is 1. The summed E-state index contributed by atoms with van der Waals surface area (Å²) in [6, 6.07) is 2.62. The second-order valence-corrected chi connectivity index (χ2v) is 8.24. The number of carbonyl (C=O) groups excluding carboxylic acids is 1. The Morgan fingerprint density at radius 1 is 1.38 bits per heavy atom. The van der Waals surface area contributed by atoms with Crippen LogP contribution in [-0.4, -0.2) is 57.0 Å². The second kappa shape index (κ2) is 6.50. The number of piperazine rings is 1. The first-order chi connectivity index (χ1) is 12.0. The predicted octanol–water partition coefficient (Wildman–Crippen LogP) is 1.32. The van der Waals surface area contributed by atoms with E-state index in [1.165, 1.54) is 11.0 Å². The quantitative estimate of drug-likeness (QED) is 0.794. The highest BCUT2D eigenvalue weighted by Crippen LogP contribution is 2.44. The van der Waals surface area contributed by atoms with E-state index in [2.05, 4.69) is 5.32 Å². The molecule has 3 rings (SSSR count). The fraction of sp³-hybridized carbons (Fsp3) is 0.562. The van der Waals surface area contributed by atoms with E-state index in [1.54, 1.807) is 13.8 Å². The maximum atomic E-state index is 12.8. The Morgan fingerprint density at radius 3 is 2.69 bits per heavy atom. The van der Waals surface area contributed by atoms with E-state index in [0.29, 0.717) is 13.1 Å². The van der Waals surface area contributed by atoms with Crippen molar-refractivity contribution >= 4 is 16.7 Å².